The van der Waals surface area contributed by atoms with Crippen LogP contribution in [-0.2, 0) is 24.2 Å². The van der Waals surface area contributed by atoms with Gasteiger partial charge in [0.05, 0.1) is 6.42 Å². The van der Waals surface area contributed by atoms with E-state index in [4.69, 9.17) is 0 Å². The van der Waals surface area contributed by atoms with Crippen molar-refractivity contribution in [1.29, 1.82) is 0 Å². The van der Waals surface area contributed by atoms with Crippen molar-refractivity contribution in [3.8, 4) is 0 Å². The van der Waals surface area contributed by atoms with Crippen LogP contribution in [0.1, 0.15) is 73.8 Å². The molecule has 1 aliphatic heterocycles. The van der Waals surface area contributed by atoms with Gasteiger partial charge in [-0.05, 0) is 56.7 Å². The van der Waals surface area contributed by atoms with E-state index in [1.165, 1.54) is 12.8 Å². The van der Waals surface area contributed by atoms with Crippen molar-refractivity contribution in [2.24, 2.45) is 5.41 Å². The van der Waals surface area contributed by atoms with E-state index in [9.17, 15) is 9.59 Å². The summed E-state index contributed by atoms with van der Waals surface area (Å²) in [6, 6.07) is 0. The minimum atomic E-state index is -0.00579. The van der Waals surface area contributed by atoms with Crippen molar-refractivity contribution in [2.75, 3.05) is 33.2 Å². The van der Waals surface area contributed by atoms with Crippen LogP contribution < -0.4 is 0 Å². The van der Waals surface area contributed by atoms with Crippen LogP contribution in [0.5, 0.6) is 0 Å². The standard InChI is InChI=1S/C23H37N3O2/c1-6-9-26-17(2)18(22-19(26)15-23(3,4)16-20(22)27)14-21(28)24(5)12-13-25-10-7-8-11-25/h6-16H2,1-5H3. The molecule has 5 heteroatoms. The highest BCUT2D eigenvalue weighted by atomic mass is 16.2. The molecule has 1 aliphatic carbocycles. The topological polar surface area (TPSA) is 45.6 Å². The zero-order valence-corrected chi connectivity index (χ0v) is 18.4. The molecule has 2 heterocycles. The Kier molecular flexibility index (Phi) is 6.33. The van der Waals surface area contributed by atoms with E-state index < -0.39 is 0 Å². The van der Waals surface area contributed by atoms with Gasteiger partial charge >= 0.3 is 0 Å². The van der Waals surface area contributed by atoms with E-state index in [2.05, 4.69) is 37.2 Å². The average Bonchev–Trinajstić information content (AvgIpc) is 3.21. The number of carbonyl (C=O) groups excluding carboxylic acids is 2. The Labute approximate surface area is 170 Å². The lowest BCUT2D eigenvalue weighted by Crippen LogP contribution is -2.36. The van der Waals surface area contributed by atoms with E-state index in [-0.39, 0.29) is 17.1 Å². The second-order valence-corrected chi connectivity index (χ2v) is 9.52. The van der Waals surface area contributed by atoms with Crippen LogP contribution in [0.15, 0.2) is 0 Å². The fraction of sp³-hybridized carbons (Fsp3) is 0.739. The van der Waals surface area contributed by atoms with Gasteiger partial charge in [-0.15, -0.1) is 0 Å². The Bertz CT molecular complexity index is 742. The molecule has 0 N–H and O–H groups in total. The molecule has 5 nitrogen and oxygen atoms in total. The highest BCUT2D eigenvalue weighted by Gasteiger charge is 2.37. The molecule has 2 aliphatic rings. The molecule has 28 heavy (non-hydrogen) atoms. The highest BCUT2D eigenvalue weighted by Crippen LogP contribution is 2.39. The van der Waals surface area contributed by atoms with Crippen molar-refractivity contribution in [3.05, 3.63) is 22.5 Å². The molecule has 1 aromatic rings. The second kappa shape index (κ2) is 8.40. The van der Waals surface area contributed by atoms with Gasteiger partial charge in [-0.2, -0.15) is 0 Å². The quantitative estimate of drug-likeness (QED) is 0.720. The van der Waals surface area contributed by atoms with Crippen LogP contribution >= 0.6 is 0 Å². The summed E-state index contributed by atoms with van der Waals surface area (Å²) in [7, 11) is 1.90. The molecule has 1 fully saturated rings. The van der Waals surface area contributed by atoms with E-state index in [1.807, 2.05) is 11.9 Å². The van der Waals surface area contributed by atoms with E-state index in [0.717, 1.165) is 68.1 Å². The minimum absolute atomic E-state index is 0.00579. The first-order valence-corrected chi connectivity index (χ1v) is 10.9. The van der Waals surface area contributed by atoms with Gasteiger partial charge in [0.15, 0.2) is 5.78 Å². The number of rotatable bonds is 7. The van der Waals surface area contributed by atoms with Gasteiger partial charge in [0.2, 0.25) is 5.91 Å². The summed E-state index contributed by atoms with van der Waals surface area (Å²) < 4.78 is 2.31. The number of likely N-dealkylation sites (N-methyl/N-ethyl adjacent to an activating group) is 1. The van der Waals surface area contributed by atoms with Crippen LogP contribution in [0, 0.1) is 12.3 Å². The van der Waals surface area contributed by atoms with E-state index in [1.54, 1.807) is 0 Å². The molecule has 1 amide bonds. The molecule has 1 aromatic heterocycles. The number of ketones is 1. The normalized spacial score (nSPS) is 19.1. The summed E-state index contributed by atoms with van der Waals surface area (Å²) in [4.78, 5) is 30.2. The lowest BCUT2D eigenvalue weighted by Gasteiger charge is -2.30. The molecular formula is C23H37N3O2. The third-order valence-electron chi connectivity index (χ3n) is 6.47. The molecule has 0 atom stereocenters. The largest absolute Gasteiger partial charge is 0.348 e. The molecular weight excluding hydrogens is 350 g/mol. The SMILES string of the molecule is CCCn1c(C)c(CC(=O)N(C)CCN2CCCC2)c2c1CC(C)(C)CC2=O. The van der Waals surface area contributed by atoms with Crippen LogP contribution in [0.2, 0.25) is 0 Å². The Morgan fingerprint density at radius 2 is 1.82 bits per heavy atom. The van der Waals surface area contributed by atoms with Crippen LogP contribution in [-0.4, -0.2) is 59.3 Å². The molecule has 3 rings (SSSR count). The maximum atomic E-state index is 13.0. The van der Waals surface area contributed by atoms with Gasteiger partial charge in [-0.1, -0.05) is 20.8 Å². The summed E-state index contributed by atoms with van der Waals surface area (Å²) in [6.07, 6.45) is 5.39. The first-order chi connectivity index (χ1) is 13.2. The Balaban J connectivity index is 1.79. The van der Waals surface area contributed by atoms with Crippen LogP contribution in [0.25, 0.3) is 0 Å². The number of carbonyl (C=O) groups is 2. The number of nitrogens with zero attached hydrogens (tertiary/aromatic N) is 3. The van der Waals surface area contributed by atoms with E-state index in [0.29, 0.717) is 12.8 Å². The molecule has 156 valence electrons. The monoisotopic (exact) mass is 387 g/mol. The third kappa shape index (κ3) is 4.35. The molecule has 0 spiro atoms. The lowest BCUT2D eigenvalue weighted by molar-refractivity contribution is -0.129. The molecule has 1 saturated heterocycles. The number of hydrogen-bond donors (Lipinski definition) is 0. The van der Waals surface area contributed by atoms with Crippen molar-refractivity contribution < 1.29 is 9.59 Å². The summed E-state index contributed by atoms with van der Waals surface area (Å²) in [5.41, 5.74) is 4.09. The van der Waals surface area contributed by atoms with Gasteiger partial charge in [0, 0.05) is 50.1 Å². The first-order valence-electron chi connectivity index (χ1n) is 10.9. The number of Topliss-reactive ketones (excluding diaryl/α,β-unsaturated/α-hetero) is 1. The Morgan fingerprint density at radius 3 is 2.46 bits per heavy atom. The fourth-order valence-corrected chi connectivity index (χ4v) is 4.86. The van der Waals surface area contributed by atoms with Crippen molar-refractivity contribution in [2.45, 2.75) is 72.8 Å². The molecule has 0 radical (unpaired) electrons. The summed E-state index contributed by atoms with van der Waals surface area (Å²) in [6.45, 7) is 13.5. The number of amides is 1. The summed E-state index contributed by atoms with van der Waals surface area (Å²) in [5, 5.41) is 0. The third-order valence-corrected chi connectivity index (χ3v) is 6.47. The van der Waals surface area contributed by atoms with Gasteiger partial charge < -0.3 is 14.4 Å². The summed E-state index contributed by atoms with van der Waals surface area (Å²) >= 11 is 0. The molecule has 0 saturated carbocycles. The van der Waals surface area contributed by atoms with Gasteiger partial charge in [0.25, 0.3) is 0 Å². The highest BCUT2D eigenvalue weighted by molar-refractivity contribution is 6.01. The fourth-order valence-electron chi connectivity index (χ4n) is 4.86. The lowest BCUT2D eigenvalue weighted by atomic mass is 9.75. The zero-order valence-electron chi connectivity index (χ0n) is 18.4. The predicted octanol–water partition coefficient (Wildman–Crippen LogP) is 3.46. The van der Waals surface area contributed by atoms with Gasteiger partial charge in [-0.3, -0.25) is 9.59 Å². The molecule has 0 bridgehead atoms. The number of aromatic nitrogens is 1. The molecule has 0 unspecified atom stereocenters. The van der Waals surface area contributed by atoms with Crippen LogP contribution in [0.4, 0.5) is 0 Å². The number of likely N-dealkylation sites (tertiary alicyclic amines) is 1. The number of hydrogen-bond acceptors (Lipinski definition) is 3. The first kappa shape index (κ1) is 21.1. The summed E-state index contributed by atoms with van der Waals surface area (Å²) in [5.74, 6) is 0.336. The minimum Gasteiger partial charge on any atom is -0.348 e. The Hall–Kier alpha value is -1.62. The smallest absolute Gasteiger partial charge is 0.226 e. The van der Waals surface area contributed by atoms with Crippen molar-refractivity contribution in [1.82, 2.24) is 14.4 Å². The average molecular weight is 388 g/mol. The zero-order chi connectivity index (χ0) is 20.5. The molecule has 0 aromatic carbocycles. The van der Waals surface area contributed by atoms with Gasteiger partial charge in [-0.25, -0.2) is 0 Å². The van der Waals surface area contributed by atoms with E-state index >= 15 is 0 Å². The second-order valence-electron chi connectivity index (χ2n) is 9.52. The predicted molar refractivity (Wildman–Crippen MR) is 113 cm³/mol. The van der Waals surface area contributed by atoms with Crippen molar-refractivity contribution in [3.63, 3.8) is 0 Å². The maximum absolute atomic E-state index is 13.0. The Morgan fingerprint density at radius 1 is 1.14 bits per heavy atom. The van der Waals surface area contributed by atoms with Gasteiger partial charge in [0.1, 0.15) is 0 Å². The van der Waals surface area contributed by atoms with Crippen molar-refractivity contribution >= 4 is 11.7 Å². The number of fused-ring (bicyclic) bond motifs is 1. The maximum Gasteiger partial charge on any atom is 0.226 e. The van der Waals surface area contributed by atoms with Crippen LogP contribution in [0.3, 0.4) is 0 Å².